The second-order valence-electron chi connectivity index (χ2n) is 6.52. The lowest BCUT2D eigenvalue weighted by atomic mass is 10.1. The molecule has 1 aliphatic rings. The van der Waals surface area contributed by atoms with Crippen molar-refractivity contribution in [3.63, 3.8) is 0 Å². The Bertz CT molecular complexity index is 871. The summed E-state index contributed by atoms with van der Waals surface area (Å²) < 4.78 is 24.6. The van der Waals surface area contributed by atoms with Crippen LogP contribution in [0.3, 0.4) is 0 Å². The van der Waals surface area contributed by atoms with Gasteiger partial charge in [-0.05, 0) is 36.2 Å². The van der Waals surface area contributed by atoms with Crippen molar-refractivity contribution in [1.29, 1.82) is 0 Å². The number of carbonyl (C=O) groups is 2. The monoisotopic (exact) mass is 386 g/mol. The van der Waals surface area contributed by atoms with E-state index >= 15 is 0 Å². The van der Waals surface area contributed by atoms with Crippen molar-refractivity contribution in [3.05, 3.63) is 53.8 Å². The summed E-state index contributed by atoms with van der Waals surface area (Å²) in [6.07, 6.45) is 0.0113. The fourth-order valence-corrected chi connectivity index (χ4v) is 3.06. The number of amides is 2. The van der Waals surface area contributed by atoms with Crippen LogP contribution in [0.1, 0.15) is 18.9 Å². The Labute approximate surface area is 163 Å². The topological polar surface area (TPSA) is 67.9 Å². The number of nitrogens with zero attached hydrogens (tertiary/aromatic N) is 1. The molecule has 1 aliphatic heterocycles. The summed E-state index contributed by atoms with van der Waals surface area (Å²) >= 11 is 0. The highest BCUT2D eigenvalue weighted by Gasteiger charge is 2.33. The first-order valence-electron chi connectivity index (χ1n) is 9.19. The minimum Gasteiger partial charge on any atom is -0.494 e. The number of anilines is 1. The lowest BCUT2D eigenvalue weighted by molar-refractivity contribution is -0.128. The first kappa shape index (κ1) is 19.7. The zero-order valence-electron chi connectivity index (χ0n) is 15.9. The third-order valence-corrected chi connectivity index (χ3v) is 4.49. The van der Waals surface area contributed by atoms with Gasteiger partial charge in [0.25, 0.3) is 5.91 Å². The number of methoxy groups -OCH3 is 1. The van der Waals surface area contributed by atoms with Gasteiger partial charge in [0.15, 0.2) is 17.7 Å². The van der Waals surface area contributed by atoms with Crippen molar-refractivity contribution >= 4 is 17.5 Å². The van der Waals surface area contributed by atoms with Crippen LogP contribution >= 0.6 is 0 Å². The molecule has 0 fully saturated rings. The molecule has 0 aromatic heterocycles. The van der Waals surface area contributed by atoms with E-state index in [0.29, 0.717) is 23.5 Å². The lowest BCUT2D eigenvalue weighted by Crippen LogP contribution is -2.51. The average molecular weight is 386 g/mol. The minimum absolute atomic E-state index is 0.00144. The molecular weight excluding hydrogens is 363 g/mol. The van der Waals surface area contributed by atoms with E-state index in [0.717, 1.165) is 6.42 Å². The summed E-state index contributed by atoms with van der Waals surface area (Å²) in [7, 11) is 1.39. The molecule has 1 N–H and O–H groups in total. The Hall–Kier alpha value is -3.09. The SMILES string of the molecule is CCCNC(=O)[C@H]1CN(C(=O)Cc2ccc(OC)c(F)c2)c2ccccc2O1. The van der Waals surface area contributed by atoms with E-state index in [-0.39, 0.29) is 30.5 Å². The van der Waals surface area contributed by atoms with Gasteiger partial charge in [-0.1, -0.05) is 25.1 Å². The number of fused-ring (bicyclic) bond motifs is 1. The van der Waals surface area contributed by atoms with Gasteiger partial charge in [0.2, 0.25) is 5.91 Å². The number of benzene rings is 2. The van der Waals surface area contributed by atoms with Gasteiger partial charge in [-0.25, -0.2) is 4.39 Å². The second-order valence-corrected chi connectivity index (χ2v) is 6.52. The molecular formula is C21H23FN2O4. The number of rotatable bonds is 6. The molecule has 0 radical (unpaired) electrons. The van der Waals surface area contributed by atoms with Crippen LogP contribution in [0.25, 0.3) is 0 Å². The number of para-hydroxylation sites is 2. The first-order chi connectivity index (χ1) is 13.5. The highest BCUT2D eigenvalue weighted by atomic mass is 19.1. The Morgan fingerprint density at radius 1 is 1.29 bits per heavy atom. The maximum absolute atomic E-state index is 13.9. The maximum atomic E-state index is 13.9. The van der Waals surface area contributed by atoms with Gasteiger partial charge in [-0.15, -0.1) is 0 Å². The van der Waals surface area contributed by atoms with Crippen molar-refractivity contribution in [2.45, 2.75) is 25.9 Å². The van der Waals surface area contributed by atoms with Crippen LogP contribution < -0.4 is 19.7 Å². The molecule has 0 aliphatic carbocycles. The van der Waals surface area contributed by atoms with Gasteiger partial charge in [0.05, 0.1) is 25.8 Å². The van der Waals surface area contributed by atoms with Crippen molar-refractivity contribution in [2.24, 2.45) is 0 Å². The van der Waals surface area contributed by atoms with Crippen molar-refractivity contribution < 1.29 is 23.5 Å². The summed E-state index contributed by atoms with van der Waals surface area (Å²) in [5, 5.41) is 2.80. The molecule has 148 valence electrons. The Morgan fingerprint density at radius 3 is 2.79 bits per heavy atom. The number of nitrogens with one attached hydrogen (secondary N) is 1. The summed E-state index contributed by atoms with van der Waals surface area (Å²) in [5.41, 5.74) is 1.13. The minimum atomic E-state index is -0.794. The van der Waals surface area contributed by atoms with E-state index in [9.17, 15) is 14.0 Å². The van der Waals surface area contributed by atoms with Crippen LogP contribution in [-0.4, -0.2) is 38.1 Å². The highest BCUT2D eigenvalue weighted by molar-refractivity contribution is 5.98. The smallest absolute Gasteiger partial charge is 0.262 e. The third-order valence-electron chi connectivity index (χ3n) is 4.49. The summed E-state index contributed by atoms with van der Waals surface area (Å²) in [6, 6.07) is 11.5. The van der Waals surface area contributed by atoms with Gasteiger partial charge in [0.1, 0.15) is 5.75 Å². The quantitative estimate of drug-likeness (QED) is 0.829. The van der Waals surface area contributed by atoms with Gasteiger partial charge < -0.3 is 19.7 Å². The van der Waals surface area contributed by atoms with E-state index in [1.54, 1.807) is 30.3 Å². The number of ether oxygens (including phenoxy) is 2. The molecule has 28 heavy (non-hydrogen) atoms. The fraction of sp³-hybridized carbons (Fsp3) is 0.333. The molecule has 7 heteroatoms. The van der Waals surface area contributed by atoms with E-state index in [1.165, 1.54) is 24.1 Å². The predicted octanol–water partition coefficient (Wildman–Crippen LogP) is 2.70. The van der Waals surface area contributed by atoms with Gasteiger partial charge in [0, 0.05) is 6.54 Å². The molecule has 0 saturated carbocycles. The largest absolute Gasteiger partial charge is 0.494 e. The van der Waals surface area contributed by atoms with E-state index in [4.69, 9.17) is 9.47 Å². The standard InChI is InChI=1S/C21H23FN2O4/c1-3-10-23-21(26)19-13-24(16-6-4-5-7-18(16)28-19)20(25)12-14-8-9-17(27-2)15(22)11-14/h4-9,11,19H,3,10,12-13H2,1-2H3,(H,23,26)/t19-/m1/s1. The van der Waals surface area contributed by atoms with Crippen LogP contribution in [0.2, 0.25) is 0 Å². The van der Waals surface area contributed by atoms with Crippen LogP contribution in [0.15, 0.2) is 42.5 Å². The number of hydrogen-bond donors (Lipinski definition) is 1. The van der Waals surface area contributed by atoms with Crippen LogP contribution in [0.4, 0.5) is 10.1 Å². The first-order valence-corrected chi connectivity index (χ1v) is 9.19. The number of hydrogen-bond acceptors (Lipinski definition) is 4. The Kier molecular flexibility index (Phi) is 6.13. The van der Waals surface area contributed by atoms with Gasteiger partial charge >= 0.3 is 0 Å². The van der Waals surface area contributed by atoms with Gasteiger partial charge in [-0.2, -0.15) is 0 Å². The Balaban J connectivity index is 1.81. The average Bonchev–Trinajstić information content (AvgIpc) is 2.71. The van der Waals surface area contributed by atoms with E-state index in [2.05, 4.69) is 5.32 Å². The predicted molar refractivity (Wildman–Crippen MR) is 103 cm³/mol. The number of halogens is 1. The zero-order chi connectivity index (χ0) is 20.1. The molecule has 2 aromatic carbocycles. The van der Waals surface area contributed by atoms with E-state index < -0.39 is 11.9 Å². The molecule has 0 bridgehead atoms. The normalized spacial score (nSPS) is 15.4. The van der Waals surface area contributed by atoms with Crippen LogP contribution in [-0.2, 0) is 16.0 Å². The lowest BCUT2D eigenvalue weighted by Gasteiger charge is -2.34. The van der Waals surface area contributed by atoms with Gasteiger partial charge in [-0.3, -0.25) is 9.59 Å². The second kappa shape index (κ2) is 8.73. The maximum Gasteiger partial charge on any atom is 0.262 e. The fourth-order valence-electron chi connectivity index (χ4n) is 3.06. The molecule has 0 unspecified atom stereocenters. The highest BCUT2D eigenvalue weighted by Crippen LogP contribution is 2.33. The summed E-state index contributed by atoms with van der Waals surface area (Å²) in [4.78, 5) is 26.9. The third kappa shape index (κ3) is 4.24. The Morgan fingerprint density at radius 2 is 2.07 bits per heavy atom. The summed E-state index contributed by atoms with van der Waals surface area (Å²) in [6.45, 7) is 2.60. The van der Waals surface area contributed by atoms with Crippen molar-refractivity contribution in [2.75, 3.05) is 25.1 Å². The van der Waals surface area contributed by atoms with Crippen molar-refractivity contribution in [3.8, 4) is 11.5 Å². The molecule has 2 aromatic rings. The van der Waals surface area contributed by atoms with E-state index in [1.807, 2.05) is 6.92 Å². The molecule has 3 rings (SSSR count). The summed E-state index contributed by atoms with van der Waals surface area (Å²) in [5.74, 6) is -0.425. The molecule has 1 heterocycles. The number of carbonyl (C=O) groups excluding carboxylic acids is 2. The molecule has 0 saturated heterocycles. The van der Waals surface area contributed by atoms with Crippen molar-refractivity contribution in [1.82, 2.24) is 5.32 Å². The van der Waals surface area contributed by atoms with Crippen LogP contribution in [0.5, 0.6) is 11.5 Å². The molecule has 1 atom stereocenters. The molecule has 6 nitrogen and oxygen atoms in total. The zero-order valence-corrected chi connectivity index (χ0v) is 15.9. The molecule has 2 amide bonds. The molecule has 0 spiro atoms. The van der Waals surface area contributed by atoms with Crippen LogP contribution in [0, 0.1) is 5.82 Å².